The molecule has 1 heterocycles. The normalized spacial score (nSPS) is 25.6. The average Bonchev–Trinajstić information content (AvgIpc) is 2.57. The third-order valence-corrected chi connectivity index (χ3v) is 5.96. The molecule has 3 rings (SSSR count). The van der Waals surface area contributed by atoms with Crippen molar-refractivity contribution in [3.8, 4) is 5.75 Å². The highest BCUT2D eigenvalue weighted by Gasteiger charge is 2.37. The van der Waals surface area contributed by atoms with Crippen LogP contribution in [0.15, 0.2) is 29.2 Å². The Bertz CT molecular complexity index is 771. The fourth-order valence-corrected chi connectivity index (χ4v) is 4.04. The van der Waals surface area contributed by atoms with Crippen molar-refractivity contribution in [1.29, 1.82) is 0 Å². The molecule has 1 aliphatic rings. The fourth-order valence-electron chi connectivity index (χ4n) is 4.04. The predicted molar refractivity (Wildman–Crippen MR) is 98.6 cm³/mol. The second-order valence-electron chi connectivity index (χ2n) is 7.33. The number of H-pyrrole nitrogens is 1. The molecule has 4 heteroatoms. The molecule has 24 heavy (non-hydrogen) atoms. The highest BCUT2D eigenvalue weighted by Crippen LogP contribution is 2.42. The number of fused-ring (bicyclic) bond motifs is 1. The van der Waals surface area contributed by atoms with Crippen LogP contribution in [0.2, 0.25) is 0 Å². The number of benzene rings is 1. The standard InChI is InChI=1S/C20H28N2O2/c1-4-20(14(3)21)8-5-16(6-9-20)24-18-12-15-7-10-22-19(23)17(15)11-13(18)2/h7,10-12,14,16H,4-6,8-9,21H2,1-3H3,(H,22,23)/t14-,16-,20-/m1/s1. The molecule has 0 spiro atoms. The summed E-state index contributed by atoms with van der Waals surface area (Å²) < 4.78 is 6.30. The lowest BCUT2D eigenvalue weighted by molar-refractivity contribution is 0.0615. The summed E-state index contributed by atoms with van der Waals surface area (Å²) in [5.41, 5.74) is 7.47. The lowest BCUT2D eigenvalue weighted by Gasteiger charge is -2.42. The molecule has 1 saturated carbocycles. The summed E-state index contributed by atoms with van der Waals surface area (Å²) in [6, 6.07) is 6.07. The Morgan fingerprint density at radius 3 is 2.71 bits per heavy atom. The van der Waals surface area contributed by atoms with E-state index < -0.39 is 0 Å². The van der Waals surface area contributed by atoms with Crippen LogP contribution in [0.1, 0.15) is 51.5 Å². The third kappa shape index (κ3) is 3.07. The van der Waals surface area contributed by atoms with Gasteiger partial charge in [0.05, 0.1) is 6.10 Å². The van der Waals surface area contributed by atoms with Crippen molar-refractivity contribution in [2.45, 2.75) is 65.0 Å². The molecule has 3 N–H and O–H groups in total. The summed E-state index contributed by atoms with van der Waals surface area (Å²) in [6.07, 6.45) is 7.39. The van der Waals surface area contributed by atoms with Gasteiger partial charge in [-0.1, -0.05) is 6.92 Å². The number of nitrogens with two attached hydrogens (primary N) is 1. The highest BCUT2D eigenvalue weighted by atomic mass is 16.5. The maximum atomic E-state index is 11.9. The Labute approximate surface area is 143 Å². The SMILES string of the molecule is CC[C@]1([C@@H](C)N)CC[C@H](Oc2cc3cc[nH]c(=O)c3cc2C)CC1. The van der Waals surface area contributed by atoms with Crippen LogP contribution in [-0.2, 0) is 0 Å². The first-order valence-corrected chi connectivity index (χ1v) is 8.99. The second-order valence-corrected chi connectivity index (χ2v) is 7.33. The summed E-state index contributed by atoms with van der Waals surface area (Å²) in [5.74, 6) is 0.892. The van der Waals surface area contributed by atoms with Gasteiger partial charge >= 0.3 is 0 Å². The van der Waals surface area contributed by atoms with Gasteiger partial charge in [0.2, 0.25) is 0 Å². The molecule has 4 nitrogen and oxygen atoms in total. The summed E-state index contributed by atoms with van der Waals surface area (Å²) in [6.45, 7) is 6.38. The van der Waals surface area contributed by atoms with Crippen LogP contribution in [-0.4, -0.2) is 17.1 Å². The largest absolute Gasteiger partial charge is 0.490 e. The van der Waals surface area contributed by atoms with Crippen molar-refractivity contribution in [2.24, 2.45) is 11.1 Å². The minimum absolute atomic E-state index is 0.0514. The Morgan fingerprint density at radius 1 is 1.38 bits per heavy atom. The molecule has 0 radical (unpaired) electrons. The number of rotatable bonds is 4. The molecule has 1 atom stereocenters. The maximum absolute atomic E-state index is 11.9. The molecule has 1 aromatic carbocycles. The number of pyridine rings is 1. The van der Waals surface area contributed by atoms with E-state index >= 15 is 0 Å². The van der Waals surface area contributed by atoms with Crippen LogP contribution in [0.5, 0.6) is 5.75 Å². The first-order chi connectivity index (χ1) is 11.4. The third-order valence-electron chi connectivity index (χ3n) is 5.96. The fraction of sp³-hybridized carbons (Fsp3) is 0.550. The number of aromatic amines is 1. The molecular formula is C20H28N2O2. The zero-order chi connectivity index (χ0) is 17.3. The van der Waals surface area contributed by atoms with E-state index in [4.69, 9.17) is 10.5 Å². The van der Waals surface area contributed by atoms with Crippen LogP contribution in [0.3, 0.4) is 0 Å². The number of ether oxygens (including phenoxy) is 1. The molecule has 1 fully saturated rings. The summed E-state index contributed by atoms with van der Waals surface area (Å²) in [5, 5.41) is 1.64. The lowest BCUT2D eigenvalue weighted by atomic mass is 9.67. The van der Waals surface area contributed by atoms with E-state index in [-0.39, 0.29) is 23.1 Å². The van der Waals surface area contributed by atoms with E-state index in [0.29, 0.717) is 5.39 Å². The Hall–Kier alpha value is -1.81. The van der Waals surface area contributed by atoms with E-state index in [2.05, 4.69) is 18.8 Å². The van der Waals surface area contributed by atoms with Gasteiger partial charge in [-0.25, -0.2) is 0 Å². The van der Waals surface area contributed by atoms with Crippen molar-refractivity contribution in [3.05, 3.63) is 40.3 Å². The van der Waals surface area contributed by atoms with Gasteiger partial charge < -0.3 is 15.5 Å². The number of nitrogens with one attached hydrogen (secondary N) is 1. The number of hydrogen-bond donors (Lipinski definition) is 2. The van der Waals surface area contributed by atoms with Crippen LogP contribution in [0.4, 0.5) is 0 Å². The molecule has 1 aromatic heterocycles. The Morgan fingerprint density at radius 2 is 2.08 bits per heavy atom. The minimum Gasteiger partial charge on any atom is -0.490 e. The van der Waals surface area contributed by atoms with Crippen molar-refractivity contribution < 1.29 is 4.74 Å². The van der Waals surface area contributed by atoms with Gasteiger partial charge in [0, 0.05) is 17.6 Å². The van der Waals surface area contributed by atoms with Gasteiger partial charge in [0.25, 0.3) is 5.56 Å². The summed E-state index contributed by atoms with van der Waals surface area (Å²) in [7, 11) is 0. The molecule has 0 amide bonds. The van der Waals surface area contributed by atoms with Crippen LogP contribution >= 0.6 is 0 Å². The molecular weight excluding hydrogens is 300 g/mol. The number of aromatic nitrogens is 1. The lowest BCUT2D eigenvalue weighted by Crippen LogP contribution is -2.43. The topological polar surface area (TPSA) is 68.1 Å². The average molecular weight is 328 g/mol. The van der Waals surface area contributed by atoms with Gasteiger partial charge in [-0.3, -0.25) is 4.79 Å². The molecule has 0 bridgehead atoms. The zero-order valence-corrected chi connectivity index (χ0v) is 14.9. The summed E-state index contributed by atoms with van der Waals surface area (Å²) >= 11 is 0. The van der Waals surface area contributed by atoms with Crippen molar-refractivity contribution >= 4 is 10.8 Å². The Balaban J connectivity index is 1.77. The van der Waals surface area contributed by atoms with E-state index in [1.54, 1.807) is 6.20 Å². The van der Waals surface area contributed by atoms with E-state index in [1.165, 1.54) is 0 Å². The minimum atomic E-state index is -0.0514. The van der Waals surface area contributed by atoms with Crippen molar-refractivity contribution in [1.82, 2.24) is 4.98 Å². The van der Waals surface area contributed by atoms with Crippen molar-refractivity contribution in [3.63, 3.8) is 0 Å². The first-order valence-electron chi connectivity index (χ1n) is 8.99. The Kier molecular flexibility index (Phi) is 4.68. The second kappa shape index (κ2) is 6.60. The predicted octanol–water partition coefficient (Wildman–Crippen LogP) is 3.90. The first kappa shape index (κ1) is 17.0. The summed E-state index contributed by atoms with van der Waals surface area (Å²) in [4.78, 5) is 14.6. The van der Waals surface area contributed by atoms with E-state index in [0.717, 1.165) is 48.8 Å². The molecule has 0 saturated heterocycles. The molecule has 130 valence electrons. The molecule has 0 unspecified atom stereocenters. The molecule has 0 aliphatic heterocycles. The highest BCUT2D eigenvalue weighted by molar-refractivity contribution is 5.83. The van der Waals surface area contributed by atoms with Crippen LogP contribution in [0.25, 0.3) is 10.8 Å². The van der Waals surface area contributed by atoms with E-state index in [1.807, 2.05) is 25.1 Å². The van der Waals surface area contributed by atoms with Crippen LogP contribution < -0.4 is 16.0 Å². The smallest absolute Gasteiger partial charge is 0.255 e. The maximum Gasteiger partial charge on any atom is 0.255 e. The van der Waals surface area contributed by atoms with Gasteiger partial charge in [0.1, 0.15) is 5.75 Å². The van der Waals surface area contributed by atoms with Gasteiger partial charge in [0.15, 0.2) is 0 Å². The molecule has 2 aromatic rings. The van der Waals surface area contributed by atoms with Crippen LogP contribution in [0, 0.1) is 12.3 Å². The number of hydrogen-bond acceptors (Lipinski definition) is 3. The monoisotopic (exact) mass is 328 g/mol. The van der Waals surface area contributed by atoms with Gasteiger partial charge in [-0.05, 0) is 80.5 Å². The van der Waals surface area contributed by atoms with Gasteiger partial charge in [-0.2, -0.15) is 0 Å². The molecule has 1 aliphatic carbocycles. The zero-order valence-electron chi connectivity index (χ0n) is 14.9. The van der Waals surface area contributed by atoms with Gasteiger partial charge in [-0.15, -0.1) is 0 Å². The van der Waals surface area contributed by atoms with Crippen molar-refractivity contribution in [2.75, 3.05) is 0 Å². The number of aryl methyl sites for hydroxylation is 1. The van der Waals surface area contributed by atoms with E-state index in [9.17, 15) is 4.79 Å². The quantitative estimate of drug-likeness (QED) is 0.894.